The fourth-order valence-corrected chi connectivity index (χ4v) is 2.67. The van der Waals surface area contributed by atoms with Crippen LogP contribution in [-0.2, 0) is 6.42 Å². The van der Waals surface area contributed by atoms with Crippen LogP contribution in [0.3, 0.4) is 0 Å². The molecule has 0 saturated carbocycles. The molecule has 0 bridgehead atoms. The highest BCUT2D eigenvalue weighted by molar-refractivity contribution is 7.09. The Morgan fingerprint density at radius 3 is 2.89 bits per heavy atom. The van der Waals surface area contributed by atoms with Gasteiger partial charge in [-0.2, -0.15) is 0 Å². The van der Waals surface area contributed by atoms with Gasteiger partial charge >= 0.3 is 0 Å². The quantitative estimate of drug-likeness (QED) is 0.851. The van der Waals surface area contributed by atoms with Crippen molar-refractivity contribution >= 4 is 17.2 Å². The molecular weight excluding hydrogens is 256 g/mol. The van der Waals surface area contributed by atoms with Gasteiger partial charge in [-0.1, -0.05) is 17.7 Å². The summed E-state index contributed by atoms with van der Waals surface area (Å²) in [5.41, 5.74) is 2.90. The van der Waals surface area contributed by atoms with Crippen molar-refractivity contribution in [3.8, 4) is 0 Å². The Hall–Kier alpha value is -1.68. The van der Waals surface area contributed by atoms with E-state index in [9.17, 15) is 4.79 Å². The zero-order valence-corrected chi connectivity index (χ0v) is 12.1. The number of hydrogen-bond donors (Lipinski definition) is 1. The molecule has 0 radical (unpaired) electrons. The molecule has 0 aliphatic carbocycles. The van der Waals surface area contributed by atoms with Crippen LogP contribution in [0.25, 0.3) is 0 Å². The predicted molar refractivity (Wildman–Crippen MR) is 78.7 cm³/mol. The number of nitrogens with zero attached hydrogens (tertiary/aromatic N) is 1. The van der Waals surface area contributed by atoms with E-state index >= 15 is 0 Å². The lowest BCUT2D eigenvalue weighted by atomic mass is 10.1. The first-order valence-electron chi connectivity index (χ1n) is 6.41. The molecule has 19 heavy (non-hydrogen) atoms. The van der Waals surface area contributed by atoms with Gasteiger partial charge in [0.05, 0.1) is 5.01 Å². The molecule has 2 aromatic rings. The lowest BCUT2D eigenvalue weighted by molar-refractivity contribution is 0.0953. The predicted octanol–water partition coefficient (Wildman–Crippen LogP) is 3.12. The SMILES string of the molecule is Cc1cccc(C(=O)NCCCc2nc(C)cs2)c1. The molecule has 100 valence electrons. The Kier molecular flexibility index (Phi) is 4.68. The molecule has 0 saturated heterocycles. The minimum absolute atomic E-state index is 0.000908. The van der Waals surface area contributed by atoms with Crippen LogP contribution in [0.15, 0.2) is 29.6 Å². The van der Waals surface area contributed by atoms with Crippen LogP contribution < -0.4 is 5.32 Å². The highest BCUT2D eigenvalue weighted by Gasteiger charge is 2.04. The van der Waals surface area contributed by atoms with E-state index in [-0.39, 0.29) is 5.91 Å². The Bertz CT molecular complexity index is 563. The van der Waals surface area contributed by atoms with E-state index in [4.69, 9.17) is 0 Å². The minimum atomic E-state index is -0.000908. The average molecular weight is 274 g/mol. The summed E-state index contributed by atoms with van der Waals surface area (Å²) in [5, 5.41) is 6.14. The maximum absolute atomic E-state index is 11.9. The third-order valence-electron chi connectivity index (χ3n) is 2.80. The second kappa shape index (κ2) is 6.48. The van der Waals surface area contributed by atoms with Gasteiger partial charge in [0.1, 0.15) is 0 Å². The van der Waals surface area contributed by atoms with E-state index in [0.717, 1.165) is 34.7 Å². The van der Waals surface area contributed by atoms with Gasteiger partial charge < -0.3 is 5.32 Å². The Balaban J connectivity index is 1.75. The fraction of sp³-hybridized carbons (Fsp3) is 0.333. The van der Waals surface area contributed by atoms with Gasteiger partial charge in [-0.3, -0.25) is 4.79 Å². The monoisotopic (exact) mass is 274 g/mol. The van der Waals surface area contributed by atoms with Gasteiger partial charge in [0.25, 0.3) is 5.91 Å². The fourth-order valence-electron chi connectivity index (χ4n) is 1.85. The van der Waals surface area contributed by atoms with E-state index in [2.05, 4.69) is 15.7 Å². The maximum atomic E-state index is 11.9. The van der Waals surface area contributed by atoms with Crippen molar-refractivity contribution in [3.05, 3.63) is 51.5 Å². The first kappa shape index (κ1) is 13.7. The summed E-state index contributed by atoms with van der Waals surface area (Å²) in [5.74, 6) is -0.000908. The van der Waals surface area contributed by atoms with E-state index in [1.54, 1.807) is 11.3 Å². The molecule has 3 nitrogen and oxygen atoms in total. The van der Waals surface area contributed by atoms with Crippen molar-refractivity contribution in [1.29, 1.82) is 0 Å². The van der Waals surface area contributed by atoms with Crippen LogP contribution in [-0.4, -0.2) is 17.4 Å². The van der Waals surface area contributed by atoms with Crippen LogP contribution in [0.1, 0.15) is 33.0 Å². The van der Waals surface area contributed by atoms with E-state index in [0.29, 0.717) is 6.54 Å². The smallest absolute Gasteiger partial charge is 0.251 e. The van der Waals surface area contributed by atoms with Gasteiger partial charge in [0.15, 0.2) is 0 Å². The van der Waals surface area contributed by atoms with Crippen LogP contribution in [0.4, 0.5) is 0 Å². The highest BCUT2D eigenvalue weighted by atomic mass is 32.1. The van der Waals surface area contributed by atoms with Crippen LogP contribution in [0.2, 0.25) is 0 Å². The number of hydrogen-bond acceptors (Lipinski definition) is 3. The molecule has 1 amide bonds. The van der Waals surface area contributed by atoms with Crippen molar-refractivity contribution in [2.75, 3.05) is 6.54 Å². The second-order valence-electron chi connectivity index (χ2n) is 4.61. The Morgan fingerprint density at radius 2 is 2.21 bits per heavy atom. The Morgan fingerprint density at radius 1 is 1.37 bits per heavy atom. The summed E-state index contributed by atoms with van der Waals surface area (Å²) >= 11 is 1.68. The number of carbonyl (C=O) groups excluding carboxylic acids is 1. The van der Waals surface area contributed by atoms with Crippen molar-refractivity contribution < 1.29 is 4.79 Å². The van der Waals surface area contributed by atoms with Crippen LogP contribution in [0.5, 0.6) is 0 Å². The van der Waals surface area contributed by atoms with Crippen molar-refractivity contribution in [3.63, 3.8) is 0 Å². The van der Waals surface area contributed by atoms with Gasteiger partial charge in [0.2, 0.25) is 0 Å². The molecule has 0 spiro atoms. The molecule has 1 aromatic heterocycles. The maximum Gasteiger partial charge on any atom is 0.251 e. The molecule has 2 rings (SSSR count). The summed E-state index contributed by atoms with van der Waals surface area (Å²) in [4.78, 5) is 16.3. The number of rotatable bonds is 5. The van der Waals surface area contributed by atoms with E-state index < -0.39 is 0 Å². The van der Waals surface area contributed by atoms with Crippen LogP contribution >= 0.6 is 11.3 Å². The van der Waals surface area contributed by atoms with E-state index in [1.807, 2.05) is 38.1 Å². The van der Waals surface area contributed by atoms with Gasteiger partial charge in [0, 0.05) is 29.6 Å². The summed E-state index contributed by atoms with van der Waals surface area (Å²) < 4.78 is 0. The molecule has 1 heterocycles. The summed E-state index contributed by atoms with van der Waals surface area (Å²) in [6.45, 7) is 4.67. The number of benzene rings is 1. The lowest BCUT2D eigenvalue weighted by Gasteiger charge is -2.05. The summed E-state index contributed by atoms with van der Waals surface area (Å²) in [6.07, 6.45) is 1.84. The van der Waals surface area contributed by atoms with Crippen molar-refractivity contribution in [2.24, 2.45) is 0 Å². The first-order valence-corrected chi connectivity index (χ1v) is 7.29. The van der Waals surface area contributed by atoms with Crippen molar-refractivity contribution in [1.82, 2.24) is 10.3 Å². The molecule has 1 aromatic carbocycles. The topological polar surface area (TPSA) is 42.0 Å². The number of carbonyl (C=O) groups is 1. The summed E-state index contributed by atoms with van der Waals surface area (Å²) in [7, 11) is 0. The molecule has 0 aliphatic heterocycles. The largest absolute Gasteiger partial charge is 0.352 e. The van der Waals surface area contributed by atoms with Crippen LogP contribution in [0, 0.1) is 13.8 Å². The molecule has 0 fully saturated rings. The number of aryl methyl sites for hydroxylation is 3. The highest BCUT2D eigenvalue weighted by Crippen LogP contribution is 2.10. The Labute approximate surface area is 117 Å². The molecule has 0 atom stereocenters. The molecule has 1 N–H and O–H groups in total. The number of aromatic nitrogens is 1. The minimum Gasteiger partial charge on any atom is -0.352 e. The zero-order chi connectivity index (χ0) is 13.7. The third kappa shape index (κ3) is 4.17. The summed E-state index contributed by atoms with van der Waals surface area (Å²) in [6, 6.07) is 7.64. The molecule has 4 heteroatoms. The second-order valence-corrected chi connectivity index (χ2v) is 5.55. The average Bonchev–Trinajstić information content (AvgIpc) is 2.80. The van der Waals surface area contributed by atoms with Gasteiger partial charge in [-0.05, 0) is 32.4 Å². The van der Waals surface area contributed by atoms with E-state index in [1.165, 1.54) is 0 Å². The number of nitrogens with one attached hydrogen (secondary N) is 1. The normalized spacial score (nSPS) is 10.4. The van der Waals surface area contributed by atoms with Gasteiger partial charge in [-0.25, -0.2) is 4.98 Å². The molecular formula is C15H18N2OS. The number of amides is 1. The first-order chi connectivity index (χ1) is 9.15. The lowest BCUT2D eigenvalue weighted by Crippen LogP contribution is -2.24. The number of thiazole rings is 1. The standard InChI is InChI=1S/C15H18N2OS/c1-11-5-3-6-13(9-11)15(18)16-8-4-7-14-17-12(2)10-19-14/h3,5-6,9-10H,4,7-8H2,1-2H3,(H,16,18). The van der Waals surface area contributed by atoms with Crippen molar-refractivity contribution in [2.45, 2.75) is 26.7 Å². The molecule has 0 unspecified atom stereocenters. The third-order valence-corrected chi connectivity index (χ3v) is 3.83. The molecule has 0 aliphatic rings. The zero-order valence-electron chi connectivity index (χ0n) is 11.3. The van der Waals surface area contributed by atoms with Gasteiger partial charge in [-0.15, -0.1) is 11.3 Å².